The summed E-state index contributed by atoms with van der Waals surface area (Å²) >= 11 is 13.0. The Kier molecular flexibility index (Phi) is 10.00. The number of alkyl halides is 4. The van der Waals surface area contributed by atoms with Gasteiger partial charge in [-0.1, -0.05) is 63.7 Å². The second-order valence-electron chi connectivity index (χ2n) is 0.669. The molecule has 0 atom stereocenters. The van der Waals surface area contributed by atoms with Gasteiger partial charge in [0.25, 0.3) is 0 Å². The summed E-state index contributed by atoms with van der Waals surface area (Å²) in [7, 11) is 0. The quantitative estimate of drug-likeness (QED) is 0.645. The molecule has 0 aromatic rings. The van der Waals surface area contributed by atoms with Gasteiger partial charge >= 0.3 is 0 Å². The van der Waals surface area contributed by atoms with Crippen molar-refractivity contribution in [3.63, 3.8) is 0 Å². The van der Waals surface area contributed by atoms with E-state index in [0.29, 0.717) is 7.47 Å². The van der Waals surface area contributed by atoms with Crippen LogP contribution in [0.4, 0.5) is 0 Å². The molecular formula is C2H2Br4N. The molecule has 43 valence electrons. The number of halogens is 4. The van der Waals surface area contributed by atoms with Crippen molar-refractivity contribution in [2.45, 2.75) is 7.47 Å². The predicted molar refractivity (Wildman–Crippen MR) is 45.4 cm³/mol. The summed E-state index contributed by atoms with van der Waals surface area (Å²) in [6.45, 7) is 0. The molecule has 0 fully saturated rings. The summed E-state index contributed by atoms with van der Waals surface area (Å²) in [6.07, 6.45) is 0. The van der Waals surface area contributed by atoms with E-state index in [9.17, 15) is 0 Å². The Morgan fingerprint density at radius 2 is 0.857 bits per heavy atom. The van der Waals surface area contributed by atoms with Gasteiger partial charge in [-0.3, -0.25) is 0 Å². The first-order valence-corrected chi connectivity index (χ1v) is 4.87. The van der Waals surface area contributed by atoms with Gasteiger partial charge in [0, 0.05) is 6.15 Å². The molecule has 0 bridgehead atoms. The third-order valence-electron chi connectivity index (χ3n) is 0.190. The van der Waals surface area contributed by atoms with E-state index in [1.165, 1.54) is 0 Å². The van der Waals surface area contributed by atoms with Crippen LogP contribution in [0.5, 0.6) is 0 Å². The van der Waals surface area contributed by atoms with Crippen LogP contribution in [-0.4, -0.2) is 7.47 Å². The molecule has 0 aliphatic rings. The van der Waals surface area contributed by atoms with Crippen LogP contribution in [0.25, 0.3) is 0 Å². The van der Waals surface area contributed by atoms with Gasteiger partial charge < -0.3 is 0 Å². The minimum atomic E-state index is 0. The van der Waals surface area contributed by atoms with Crippen LogP contribution in [0.3, 0.4) is 0 Å². The van der Waals surface area contributed by atoms with Crippen LogP contribution in [0.15, 0.2) is 0 Å². The molecule has 1 nitrogen and oxygen atoms in total. The molecule has 0 N–H and O–H groups in total. The summed E-state index contributed by atoms with van der Waals surface area (Å²) in [4.78, 5) is 0. The standard InChI is InChI=1S/C2H2Br4.N/c3-1(4)2(5)6;/h1-2H;. The Hall–Kier alpha value is 1.88. The first-order valence-electron chi connectivity index (χ1n) is 1.21. The maximum atomic E-state index is 3.26. The van der Waals surface area contributed by atoms with Gasteiger partial charge in [0.15, 0.2) is 0 Å². The van der Waals surface area contributed by atoms with E-state index < -0.39 is 0 Å². The van der Waals surface area contributed by atoms with Gasteiger partial charge in [-0.2, -0.15) is 0 Å². The Morgan fingerprint density at radius 1 is 0.714 bits per heavy atom. The van der Waals surface area contributed by atoms with Gasteiger partial charge in [0.05, 0.1) is 7.47 Å². The number of hydrogen-bond donors (Lipinski definition) is 0. The molecule has 0 rings (SSSR count). The van der Waals surface area contributed by atoms with Crippen molar-refractivity contribution in [1.29, 1.82) is 0 Å². The van der Waals surface area contributed by atoms with Crippen molar-refractivity contribution in [3.8, 4) is 0 Å². The number of rotatable bonds is 1. The lowest BCUT2D eigenvalue weighted by Gasteiger charge is -1.96. The first-order chi connectivity index (χ1) is 2.64. The molecule has 0 spiro atoms. The van der Waals surface area contributed by atoms with Gasteiger partial charge in [-0.05, 0) is 0 Å². The summed E-state index contributed by atoms with van der Waals surface area (Å²) in [6, 6.07) is 0. The normalized spacial score (nSPS) is 9.43. The van der Waals surface area contributed by atoms with E-state index in [1.807, 2.05) is 0 Å². The SMILES string of the molecule is BrC(Br)C(Br)Br.[N]. The van der Waals surface area contributed by atoms with Gasteiger partial charge in [-0.25, -0.2) is 0 Å². The van der Waals surface area contributed by atoms with E-state index >= 15 is 0 Å². The van der Waals surface area contributed by atoms with Gasteiger partial charge in [0.1, 0.15) is 0 Å². The fraction of sp³-hybridized carbons (Fsp3) is 1.00. The van der Waals surface area contributed by atoms with Crippen LogP contribution in [-0.2, 0) is 0 Å². The summed E-state index contributed by atoms with van der Waals surface area (Å²) in [5.74, 6) is 0. The zero-order valence-electron chi connectivity index (χ0n) is 3.11. The molecule has 0 amide bonds. The van der Waals surface area contributed by atoms with E-state index in [0.717, 1.165) is 0 Å². The van der Waals surface area contributed by atoms with E-state index in [4.69, 9.17) is 0 Å². The van der Waals surface area contributed by atoms with Crippen molar-refractivity contribution in [1.82, 2.24) is 6.15 Å². The van der Waals surface area contributed by atoms with Crippen molar-refractivity contribution in [3.05, 3.63) is 0 Å². The lowest BCUT2D eigenvalue weighted by Crippen LogP contribution is -1.93. The molecule has 7 heavy (non-hydrogen) atoms. The lowest BCUT2D eigenvalue weighted by atomic mass is 11.0. The largest absolute Gasteiger partial charge is 0.0920 e. The van der Waals surface area contributed by atoms with Crippen molar-refractivity contribution in [2.75, 3.05) is 0 Å². The van der Waals surface area contributed by atoms with Gasteiger partial charge in [-0.15, -0.1) is 0 Å². The first kappa shape index (κ1) is 11.6. The zero-order valence-corrected chi connectivity index (χ0v) is 9.46. The lowest BCUT2D eigenvalue weighted by molar-refractivity contribution is 1.46. The minimum absolute atomic E-state index is 0. The van der Waals surface area contributed by atoms with Crippen molar-refractivity contribution < 1.29 is 0 Å². The fourth-order valence-electron chi connectivity index (χ4n) is 0. The Morgan fingerprint density at radius 3 is 0.857 bits per heavy atom. The minimum Gasteiger partial charge on any atom is -0.0743 e. The molecule has 0 aromatic carbocycles. The molecule has 5 heteroatoms. The van der Waals surface area contributed by atoms with Crippen LogP contribution in [0.2, 0.25) is 0 Å². The maximum absolute atomic E-state index is 3.26. The molecule has 0 unspecified atom stereocenters. The number of hydrogen-bond acceptors (Lipinski definition) is 0. The van der Waals surface area contributed by atoms with Crippen molar-refractivity contribution >= 4 is 63.7 Å². The average Bonchev–Trinajstić information content (AvgIpc) is 1.36. The molecule has 0 aromatic heterocycles. The molecule has 0 heterocycles. The Balaban J connectivity index is 0. The monoisotopic (exact) mass is 356 g/mol. The highest BCUT2D eigenvalue weighted by atomic mass is 79.9. The highest BCUT2D eigenvalue weighted by Crippen LogP contribution is 2.24. The van der Waals surface area contributed by atoms with Crippen LogP contribution >= 0.6 is 63.7 Å². The van der Waals surface area contributed by atoms with E-state index in [2.05, 4.69) is 63.7 Å². The average molecular weight is 360 g/mol. The second-order valence-corrected chi connectivity index (χ2v) is 7.07. The Labute approximate surface area is 76.7 Å². The topological polar surface area (TPSA) is 30.5 Å². The maximum Gasteiger partial charge on any atom is 0.0920 e. The third-order valence-corrected chi connectivity index (χ3v) is 5.14. The summed E-state index contributed by atoms with van der Waals surface area (Å²) in [5.41, 5.74) is 0. The third kappa shape index (κ3) is 7.88. The molecular weight excluding hydrogens is 358 g/mol. The van der Waals surface area contributed by atoms with Crippen LogP contribution in [0.1, 0.15) is 0 Å². The van der Waals surface area contributed by atoms with Crippen LogP contribution < -0.4 is 6.15 Å². The molecule has 0 aliphatic carbocycles. The smallest absolute Gasteiger partial charge is 0.0743 e. The molecule has 0 saturated carbocycles. The van der Waals surface area contributed by atoms with Crippen molar-refractivity contribution in [2.24, 2.45) is 0 Å². The number of nitrogens with zero attached hydrogens (tertiary/aromatic N) is 1. The Bertz CT molecular complexity index is 30.7. The second kappa shape index (κ2) is 6.01. The molecule has 0 saturated heterocycles. The zero-order chi connectivity index (χ0) is 5.15. The molecule has 3 radical (unpaired) electrons. The van der Waals surface area contributed by atoms with Crippen LogP contribution in [0, 0.1) is 0 Å². The summed E-state index contributed by atoms with van der Waals surface area (Å²) < 4.78 is 0.620. The highest BCUT2D eigenvalue weighted by molar-refractivity contribution is 9.29. The summed E-state index contributed by atoms with van der Waals surface area (Å²) in [5, 5.41) is 0. The predicted octanol–water partition coefficient (Wildman–Crippen LogP) is 2.74. The molecule has 0 aliphatic heterocycles. The van der Waals surface area contributed by atoms with E-state index in [1.54, 1.807) is 0 Å². The highest BCUT2D eigenvalue weighted by Gasteiger charge is 2.04. The van der Waals surface area contributed by atoms with E-state index in [-0.39, 0.29) is 6.15 Å². The fourth-order valence-corrected chi connectivity index (χ4v) is 0. The van der Waals surface area contributed by atoms with Gasteiger partial charge in [0.2, 0.25) is 0 Å².